The second-order valence-corrected chi connectivity index (χ2v) is 11.5. The van der Waals surface area contributed by atoms with E-state index >= 15 is 0 Å². The average Bonchev–Trinajstić information content (AvgIpc) is 2.95. The molecule has 0 spiro atoms. The van der Waals surface area contributed by atoms with Crippen LogP contribution in [-0.4, -0.2) is 58.3 Å². The van der Waals surface area contributed by atoms with Gasteiger partial charge in [-0.15, -0.1) is 0 Å². The maximum atomic E-state index is 12.8. The fraction of sp³-hybridized carbons (Fsp3) is 0.667. The minimum atomic E-state index is -1.07. The number of carbonyl (C=O) groups is 2. The Kier molecular flexibility index (Phi) is 16.3. The van der Waals surface area contributed by atoms with E-state index in [9.17, 15) is 19.8 Å². The number of carboxylic acids is 1. The molecule has 6 N–H and O–H groups in total. The molecule has 0 heterocycles. The fourth-order valence-corrected chi connectivity index (χ4v) is 5.98. The molecule has 0 aliphatic heterocycles. The van der Waals surface area contributed by atoms with Gasteiger partial charge in [0.1, 0.15) is 6.04 Å². The third kappa shape index (κ3) is 12.8. The highest BCUT2D eigenvalue weighted by Gasteiger charge is 2.35. The van der Waals surface area contributed by atoms with Crippen molar-refractivity contribution in [2.24, 2.45) is 28.5 Å². The van der Waals surface area contributed by atoms with Crippen molar-refractivity contribution in [2.75, 3.05) is 13.2 Å². The fourth-order valence-electron chi connectivity index (χ4n) is 5.98. The number of unbranched alkanes of at least 4 members (excludes halogenated alkanes) is 2. The normalized spacial score (nSPS) is 23.9. The molecule has 4 unspecified atom stereocenters. The second kappa shape index (κ2) is 19.4. The minimum Gasteiger partial charge on any atom is -0.479 e. The number of carbonyl (C=O) groups excluding carboxylic acids is 1. The number of Topliss-reactive ketones (excluding diaryl/α,β-unsaturated/α-hetero) is 1. The lowest BCUT2D eigenvalue weighted by molar-refractivity contribution is -0.137. The molecule has 2 aliphatic rings. The number of aliphatic hydroxyl groups excluding tert-OH is 2. The maximum absolute atomic E-state index is 12.8. The summed E-state index contributed by atoms with van der Waals surface area (Å²) >= 11 is 0. The first-order chi connectivity index (χ1) is 19.8. The largest absolute Gasteiger partial charge is 0.479 e. The third-order valence-electron chi connectivity index (χ3n) is 8.38. The summed E-state index contributed by atoms with van der Waals surface area (Å²) < 4.78 is 0. The van der Waals surface area contributed by atoms with Gasteiger partial charge in [0.2, 0.25) is 0 Å². The van der Waals surface area contributed by atoms with Crippen molar-refractivity contribution < 1.29 is 24.9 Å². The third-order valence-corrected chi connectivity index (χ3v) is 8.38. The van der Waals surface area contributed by atoms with E-state index in [2.05, 4.69) is 35.5 Å². The molecular formula is C33H53N3O5. The molecule has 2 fully saturated rings. The van der Waals surface area contributed by atoms with Crippen molar-refractivity contribution in [3.63, 3.8) is 0 Å². The van der Waals surface area contributed by atoms with E-state index in [1.54, 1.807) is 12.2 Å². The number of nitrogens with zero attached hydrogens (tertiary/aromatic N) is 1. The summed E-state index contributed by atoms with van der Waals surface area (Å²) in [6, 6.07) is -1.07. The summed E-state index contributed by atoms with van der Waals surface area (Å²) in [6.45, 7) is 4.37. The van der Waals surface area contributed by atoms with Crippen molar-refractivity contribution in [2.45, 2.75) is 109 Å². The first kappa shape index (κ1) is 34.5. The molecule has 4 atom stereocenters. The topological polar surface area (TPSA) is 145 Å². The Morgan fingerprint density at radius 2 is 1.93 bits per heavy atom. The van der Waals surface area contributed by atoms with Gasteiger partial charge in [-0.25, -0.2) is 9.79 Å². The van der Waals surface area contributed by atoms with E-state index in [1.165, 1.54) is 19.3 Å². The van der Waals surface area contributed by atoms with Crippen molar-refractivity contribution in [1.82, 2.24) is 5.32 Å². The Morgan fingerprint density at radius 3 is 2.56 bits per heavy atom. The number of aliphatic imine (C=N–C) groups is 1. The van der Waals surface area contributed by atoms with Crippen molar-refractivity contribution in [3.05, 3.63) is 47.6 Å². The SMILES string of the molecule is C/C=C\C(CC)C/C=C/C(=CC(NC(N)=NC/C=C1\C(=O)CC(C2CCCCC2)CC1O)C(=O)O)CCCCCO. The summed E-state index contributed by atoms with van der Waals surface area (Å²) in [5.74, 6) is 0.0741. The van der Waals surface area contributed by atoms with Gasteiger partial charge >= 0.3 is 5.97 Å². The standard InChI is InChI=1S/C33H53N3O5/c1-3-12-24(4-2)14-11-15-25(13-7-6-10-20-37)21-29(32(40)41)36-33(34)35-19-18-28-30(38)22-27(23-31(28)39)26-16-8-5-9-17-26/h3,11-12,15,18,21,24,26-27,29-30,37-38H,4-10,13-14,16-17,19-20,22-23H2,1-2H3,(H,40,41)(H3,34,35,36)/b12-3-,15-11+,25-21?,28-18-. The maximum Gasteiger partial charge on any atom is 0.330 e. The molecule has 8 nitrogen and oxygen atoms in total. The average molecular weight is 572 g/mol. The monoisotopic (exact) mass is 571 g/mol. The molecular weight excluding hydrogens is 518 g/mol. The van der Waals surface area contributed by atoms with Crippen LogP contribution < -0.4 is 11.1 Å². The minimum absolute atomic E-state index is 0.0234. The van der Waals surface area contributed by atoms with Crippen LogP contribution in [0.15, 0.2) is 52.6 Å². The van der Waals surface area contributed by atoms with Crippen LogP contribution in [0.4, 0.5) is 0 Å². The molecule has 0 aromatic heterocycles. The lowest BCUT2D eigenvalue weighted by atomic mass is 9.71. The van der Waals surface area contributed by atoms with E-state index in [-0.39, 0.29) is 30.8 Å². The molecule has 0 aromatic rings. The van der Waals surface area contributed by atoms with Gasteiger partial charge < -0.3 is 26.4 Å². The van der Waals surface area contributed by atoms with E-state index in [4.69, 9.17) is 10.8 Å². The van der Waals surface area contributed by atoms with Gasteiger partial charge in [0.05, 0.1) is 12.6 Å². The van der Waals surface area contributed by atoms with Crippen molar-refractivity contribution in [1.29, 1.82) is 0 Å². The quantitative estimate of drug-likeness (QED) is 0.0426. The summed E-state index contributed by atoms with van der Waals surface area (Å²) in [5, 5.41) is 32.4. The van der Waals surface area contributed by atoms with Crippen LogP contribution in [0.5, 0.6) is 0 Å². The Bertz CT molecular complexity index is 962. The summed E-state index contributed by atoms with van der Waals surface area (Å²) in [6.07, 6.45) is 22.8. The number of rotatable bonds is 16. The van der Waals surface area contributed by atoms with E-state index in [0.717, 1.165) is 44.1 Å². The number of ketones is 1. The summed E-state index contributed by atoms with van der Waals surface area (Å²) in [4.78, 5) is 29.1. The van der Waals surface area contributed by atoms with Gasteiger partial charge in [0.25, 0.3) is 0 Å². The van der Waals surface area contributed by atoms with Gasteiger partial charge in [0.15, 0.2) is 11.7 Å². The second-order valence-electron chi connectivity index (χ2n) is 11.5. The van der Waals surface area contributed by atoms with Gasteiger partial charge in [0, 0.05) is 18.6 Å². The van der Waals surface area contributed by atoms with Crippen LogP contribution in [0.1, 0.15) is 97.3 Å². The predicted octanol–water partition coefficient (Wildman–Crippen LogP) is 5.22. The van der Waals surface area contributed by atoms with Crippen molar-refractivity contribution in [3.8, 4) is 0 Å². The van der Waals surface area contributed by atoms with Gasteiger partial charge in [-0.2, -0.15) is 0 Å². The molecule has 0 amide bonds. The molecule has 0 radical (unpaired) electrons. The number of guanidine groups is 1. The van der Waals surface area contributed by atoms with Gasteiger partial charge in [-0.05, 0) is 74.9 Å². The Labute approximate surface area is 246 Å². The first-order valence-electron chi connectivity index (χ1n) is 15.6. The number of carboxylic acid groups (broad SMARTS) is 1. The molecule has 2 saturated carbocycles. The van der Waals surface area contributed by atoms with Gasteiger partial charge in [-0.1, -0.05) is 75.8 Å². The Morgan fingerprint density at radius 1 is 1.17 bits per heavy atom. The van der Waals surface area contributed by atoms with E-state index in [0.29, 0.717) is 43.1 Å². The number of hydrogen-bond acceptors (Lipinski definition) is 5. The Hall–Kier alpha value is -2.71. The Balaban J connectivity index is 2.04. The first-order valence-corrected chi connectivity index (χ1v) is 15.6. The highest BCUT2D eigenvalue weighted by Crippen LogP contribution is 2.38. The summed E-state index contributed by atoms with van der Waals surface area (Å²) in [7, 11) is 0. The highest BCUT2D eigenvalue weighted by molar-refractivity contribution is 5.97. The number of hydrogen-bond donors (Lipinski definition) is 5. The molecule has 0 saturated heterocycles. The van der Waals surface area contributed by atoms with E-state index in [1.807, 2.05) is 13.0 Å². The molecule has 0 aromatic carbocycles. The molecule has 0 bridgehead atoms. The van der Waals surface area contributed by atoms with Gasteiger partial charge in [-0.3, -0.25) is 4.79 Å². The summed E-state index contributed by atoms with van der Waals surface area (Å²) in [5.41, 5.74) is 7.32. The molecule has 230 valence electrons. The molecule has 41 heavy (non-hydrogen) atoms. The van der Waals surface area contributed by atoms with Crippen LogP contribution in [0.25, 0.3) is 0 Å². The smallest absolute Gasteiger partial charge is 0.330 e. The van der Waals surface area contributed by atoms with Crippen molar-refractivity contribution >= 4 is 17.7 Å². The molecule has 2 rings (SSSR count). The molecule has 2 aliphatic carbocycles. The number of aliphatic carboxylic acids is 1. The zero-order valence-corrected chi connectivity index (χ0v) is 25.1. The highest BCUT2D eigenvalue weighted by atomic mass is 16.4. The van der Waals surface area contributed by atoms with E-state index < -0.39 is 18.1 Å². The zero-order valence-electron chi connectivity index (χ0n) is 25.1. The number of allylic oxidation sites excluding steroid dienone is 5. The zero-order chi connectivity index (χ0) is 30.0. The van der Waals surface area contributed by atoms with Crippen LogP contribution in [0.3, 0.4) is 0 Å². The van der Waals surface area contributed by atoms with Crippen LogP contribution >= 0.6 is 0 Å². The number of nitrogens with one attached hydrogen (secondary N) is 1. The number of aliphatic hydroxyl groups is 2. The molecule has 8 heteroatoms. The lowest BCUT2D eigenvalue weighted by Gasteiger charge is -2.35. The van der Waals surface area contributed by atoms with Crippen LogP contribution in [-0.2, 0) is 9.59 Å². The number of nitrogens with two attached hydrogens (primary N) is 1. The lowest BCUT2D eigenvalue weighted by Crippen LogP contribution is -2.43. The van der Waals surface area contributed by atoms with Crippen LogP contribution in [0, 0.1) is 17.8 Å². The van der Waals surface area contributed by atoms with Crippen LogP contribution in [0.2, 0.25) is 0 Å². The predicted molar refractivity (Wildman–Crippen MR) is 165 cm³/mol.